The Morgan fingerprint density at radius 2 is 2.31 bits per heavy atom. The molecule has 16 heavy (non-hydrogen) atoms. The van der Waals surface area contributed by atoms with Gasteiger partial charge in [-0.2, -0.15) is 0 Å². The zero-order valence-electron chi connectivity index (χ0n) is 9.17. The van der Waals surface area contributed by atoms with Gasteiger partial charge in [-0.15, -0.1) is 0 Å². The quantitative estimate of drug-likeness (QED) is 0.595. The Labute approximate surface area is 99.7 Å². The fourth-order valence-electron chi connectivity index (χ4n) is 1.46. The second kappa shape index (κ2) is 6.81. The van der Waals surface area contributed by atoms with Gasteiger partial charge in [0.25, 0.3) is 0 Å². The Morgan fingerprint density at radius 1 is 1.56 bits per heavy atom. The zero-order chi connectivity index (χ0) is 12.0. The van der Waals surface area contributed by atoms with E-state index >= 15 is 0 Å². The molecule has 1 atom stereocenters. The third-order valence-corrected chi connectivity index (χ3v) is 2.68. The van der Waals surface area contributed by atoms with Crippen LogP contribution in [-0.2, 0) is 11.2 Å². The molecule has 0 amide bonds. The predicted octanol–water partition coefficient (Wildman–Crippen LogP) is 1.89. The first-order chi connectivity index (χ1) is 7.67. The van der Waals surface area contributed by atoms with Crippen molar-refractivity contribution in [2.24, 2.45) is 5.84 Å². The minimum atomic E-state index is -0.401. The molecule has 3 N–H and O–H groups in total. The number of hydrogen-bond acceptors (Lipinski definition) is 3. The molecule has 0 aliphatic carbocycles. The average molecular weight is 247 g/mol. The monoisotopic (exact) mass is 246 g/mol. The van der Waals surface area contributed by atoms with E-state index in [0.717, 1.165) is 12.0 Å². The summed E-state index contributed by atoms with van der Waals surface area (Å²) in [6.45, 7) is 0.616. The number of benzene rings is 1. The van der Waals surface area contributed by atoms with Crippen molar-refractivity contribution in [1.29, 1.82) is 0 Å². The number of hydrazine groups is 1. The molecule has 0 aromatic heterocycles. The van der Waals surface area contributed by atoms with Crippen LogP contribution in [0.15, 0.2) is 18.2 Å². The first kappa shape index (κ1) is 13.4. The molecular formula is C11H16ClFN2O. The van der Waals surface area contributed by atoms with Crippen LogP contribution in [0, 0.1) is 5.82 Å². The molecule has 5 heteroatoms. The van der Waals surface area contributed by atoms with Crippen molar-refractivity contribution in [3.8, 4) is 0 Å². The van der Waals surface area contributed by atoms with Crippen LogP contribution in [0.4, 0.5) is 4.39 Å². The highest BCUT2D eigenvalue weighted by Crippen LogP contribution is 2.16. The molecule has 0 saturated heterocycles. The van der Waals surface area contributed by atoms with Crippen LogP contribution in [0.25, 0.3) is 0 Å². The summed E-state index contributed by atoms with van der Waals surface area (Å²) in [5, 5.41) is 0.137. The van der Waals surface area contributed by atoms with Gasteiger partial charge in [0.05, 0.1) is 5.02 Å². The number of methoxy groups -OCH3 is 1. The smallest absolute Gasteiger partial charge is 0.142 e. The maximum absolute atomic E-state index is 13.2. The van der Waals surface area contributed by atoms with Gasteiger partial charge in [0.1, 0.15) is 5.82 Å². The predicted molar refractivity (Wildman–Crippen MR) is 62.7 cm³/mol. The summed E-state index contributed by atoms with van der Waals surface area (Å²) >= 11 is 5.60. The molecule has 1 aromatic rings. The van der Waals surface area contributed by atoms with Crippen LogP contribution in [0.2, 0.25) is 5.02 Å². The highest BCUT2D eigenvalue weighted by atomic mass is 35.5. The van der Waals surface area contributed by atoms with E-state index < -0.39 is 5.82 Å². The van der Waals surface area contributed by atoms with Crippen LogP contribution in [0.3, 0.4) is 0 Å². The fourth-order valence-corrected chi connectivity index (χ4v) is 1.57. The maximum Gasteiger partial charge on any atom is 0.142 e. The average Bonchev–Trinajstić information content (AvgIpc) is 2.29. The molecule has 0 saturated carbocycles. The summed E-state index contributed by atoms with van der Waals surface area (Å²) in [5.41, 5.74) is 3.55. The van der Waals surface area contributed by atoms with Gasteiger partial charge in [-0.3, -0.25) is 11.3 Å². The van der Waals surface area contributed by atoms with Crippen molar-refractivity contribution in [1.82, 2.24) is 5.43 Å². The van der Waals surface area contributed by atoms with Crippen molar-refractivity contribution >= 4 is 11.6 Å². The van der Waals surface area contributed by atoms with Crippen LogP contribution in [0.1, 0.15) is 12.0 Å². The van der Waals surface area contributed by atoms with Crippen molar-refractivity contribution in [2.45, 2.75) is 18.9 Å². The summed E-state index contributed by atoms with van der Waals surface area (Å²) in [4.78, 5) is 0. The molecule has 1 aromatic carbocycles. The molecule has 0 fully saturated rings. The van der Waals surface area contributed by atoms with Crippen molar-refractivity contribution in [3.63, 3.8) is 0 Å². The zero-order valence-corrected chi connectivity index (χ0v) is 9.93. The normalized spacial score (nSPS) is 12.8. The van der Waals surface area contributed by atoms with Gasteiger partial charge in [0.15, 0.2) is 0 Å². The SMILES string of the molecule is COCCC(Cc1ccc(Cl)c(F)c1)NN. The molecular weight excluding hydrogens is 231 g/mol. The third-order valence-electron chi connectivity index (χ3n) is 2.37. The van der Waals surface area contributed by atoms with Gasteiger partial charge < -0.3 is 4.74 Å². The fraction of sp³-hybridized carbons (Fsp3) is 0.455. The molecule has 0 spiro atoms. The molecule has 90 valence electrons. The third kappa shape index (κ3) is 4.06. The van der Waals surface area contributed by atoms with Crippen LogP contribution in [-0.4, -0.2) is 19.8 Å². The Balaban J connectivity index is 2.59. The summed E-state index contributed by atoms with van der Waals surface area (Å²) in [5.74, 6) is 5.00. The molecule has 0 aliphatic rings. The van der Waals surface area contributed by atoms with Gasteiger partial charge in [0, 0.05) is 19.8 Å². The van der Waals surface area contributed by atoms with E-state index in [0.29, 0.717) is 13.0 Å². The van der Waals surface area contributed by atoms with E-state index in [9.17, 15) is 4.39 Å². The summed E-state index contributed by atoms with van der Waals surface area (Å²) in [6, 6.07) is 4.85. The topological polar surface area (TPSA) is 47.3 Å². The summed E-state index contributed by atoms with van der Waals surface area (Å²) in [7, 11) is 1.63. The van der Waals surface area contributed by atoms with Gasteiger partial charge in [0.2, 0.25) is 0 Å². The lowest BCUT2D eigenvalue weighted by Crippen LogP contribution is -2.37. The maximum atomic E-state index is 13.2. The number of rotatable bonds is 6. The Bertz CT molecular complexity index is 336. The van der Waals surface area contributed by atoms with E-state index in [1.54, 1.807) is 19.2 Å². The van der Waals surface area contributed by atoms with Gasteiger partial charge in [-0.25, -0.2) is 4.39 Å². The lowest BCUT2D eigenvalue weighted by atomic mass is 10.0. The van der Waals surface area contributed by atoms with Gasteiger partial charge >= 0.3 is 0 Å². The summed E-state index contributed by atoms with van der Waals surface area (Å²) < 4.78 is 18.1. The highest BCUT2D eigenvalue weighted by molar-refractivity contribution is 6.30. The van der Waals surface area contributed by atoms with E-state index in [1.165, 1.54) is 6.07 Å². The number of nitrogens with two attached hydrogens (primary N) is 1. The molecule has 0 radical (unpaired) electrons. The molecule has 3 nitrogen and oxygen atoms in total. The summed E-state index contributed by atoms with van der Waals surface area (Å²) in [6.07, 6.45) is 1.42. The van der Waals surface area contributed by atoms with Crippen LogP contribution < -0.4 is 11.3 Å². The van der Waals surface area contributed by atoms with Gasteiger partial charge in [-0.1, -0.05) is 17.7 Å². The van der Waals surface area contributed by atoms with E-state index in [1.807, 2.05) is 0 Å². The Hall–Kier alpha value is -0.680. The minimum Gasteiger partial charge on any atom is -0.385 e. The van der Waals surface area contributed by atoms with Crippen molar-refractivity contribution in [2.75, 3.05) is 13.7 Å². The first-order valence-corrected chi connectivity index (χ1v) is 5.44. The number of ether oxygens (including phenoxy) is 1. The lowest BCUT2D eigenvalue weighted by Gasteiger charge is -2.15. The number of halogens is 2. The Morgan fingerprint density at radius 3 is 2.88 bits per heavy atom. The molecule has 1 unspecified atom stereocenters. The largest absolute Gasteiger partial charge is 0.385 e. The standard InChI is InChI=1S/C11H16ClFN2O/c1-16-5-4-9(15-14)6-8-2-3-10(12)11(13)7-8/h2-3,7,9,15H,4-6,14H2,1H3. The lowest BCUT2D eigenvalue weighted by molar-refractivity contribution is 0.182. The van der Waals surface area contributed by atoms with Crippen molar-refractivity contribution in [3.05, 3.63) is 34.6 Å². The first-order valence-electron chi connectivity index (χ1n) is 5.06. The van der Waals surface area contributed by atoms with Crippen LogP contribution in [0.5, 0.6) is 0 Å². The number of hydrogen-bond donors (Lipinski definition) is 2. The van der Waals surface area contributed by atoms with E-state index in [2.05, 4.69) is 5.43 Å². The second-order valence-electron chi connectivity index (χ2n) is 3.60. The molecule has 0 bridgehead atoms. The molecule has 1 rings (SSSR count). The van der Waals surface area contributed by atoms with Gasteiger partial charge in [-0.05, 0) is 30.5 Å². The van der Waals surface area contributed by atoms with Crippen LogP contribution >= 0.6 is 11.6 Å². The molecule has 0 heterocycles. The second-order valence-corrected chi connectivity index (χ2v) is 4.00. The molecule has 0 aliphatic heterocycles. The van der Waals surface area contributed by atoms with Crippen molar-refractivity contribution < 1.29 is 9.13 Å². The minimum absolute atomic E-state index is 0.0699. The Kier molecular flexibility index (Phi) is 5.69. The number of nitrogens with one attached hydrogen (secondary N) is 1. The van der Waals surface area contributed by atoms with E-state index in [4.69, 9.17) is 22.2 Å². The van der Waals surface area contributed by atoms with E-state index in [-0.39, 0.29) is 11.1 Å². The highest BCUT2D eigenvalue weighted by Gasteiger charge is 2.09.